The fourth-order valence-electron chi connectivity index (χ4n) is 2.56. The molecule has 0 spiro atoms. The van der Waals surface area contributed by atoms with Crippen molar-refractivity contribution < 1.29 is 36.9 Å². The van der Waals surface area contributed by atoms with Gasteiger partial charge in [0.1, 0.15) is 0 Å². The Labute approximate surface area is 186 Å². The molecular weight excluding hydrogens is 458 g/mol. The molecule has 3 aromatic rings. The van der Waals surface area contributed by atoms with Crippen molar-refractivity contribution in [3.63, 3.8) is 0 Å². The van der Waals surface area contributed by atoms with Crippen LogP contribution >= 0.6 is 0 Å². The van der Waals surface area contributed by atoms with Crippen molar-refractivity contribution in [1.82, 2.24) is 5.32 Å². The average molecular weight is 473 g/mol. The normalized spacial score (nSPS) is 10.8. The number of carbonyl (C=O) groups excluding carboxylic acids is 3. The summed E-state index contributed by atoms with van der Waals surface area (Å²) in [5.41, 5.74) is -0.835. The van der Waals surface area contributed by atoms with E-state index in [0.29, 0.717) is 0 Å². The van der Waals surface area contributed by atoms with Gasteiger partial charge in [-0.25, -0.2) is 13.2 Å². The van der Waals surface area contributed by atoms with Gasteiger partial charge in [-0.3, -0.25) is 29.7 Å². The zero-order valence-corrected chi connectivity index (χ0v) is 17.4. The van der Waals surface area contributed by atoms with Gasteiger partial charge >= 0.3 is 5.97 Å². The van der Waals surface area contributed by atoms with Crippen molar-refractivity contribution in [3.8, 4) is 0 Å². The number of carbonyl (C=O) groups is 3. The first kappa shape index (κ1) is 23.1. The van der Waals surface area contributed by atoms with E-state index in [0.717, 1.165) is 18.2 Å². The molecule has 170 valence electrons. The summed E-state index contributed by atoms with van der Waals surface area (Å²) >= 11 is 0. The van der Waals surface area contributed by atoms with Crippen molar-refractivity contribution in [1.29, 1.82) is 0 Å². The third-order valence-electron chi connectivity index (χ3n) is 4.06. The maximum Gasteiger partial charge on any atom is 0.340 e. The Hall–Kier alpha value is -4.52. The Morgan fingerprint density at radius 2 is 1.79 bits per heavy atom. The van der Waals surface area contributed by atoms with E-state index in [1.54, 1.807) is 0 Å². The standard InChI is InChI=1S/C20H15N3O9S/c24-18(21-19(25)17-9-4-10-31-17)12-32-20(26)15-7-1-2-8-16(15)22-33(29,30)14-6-3-5-13(11-14)23(27)28/h1-11,22H,12H2,(H,21,24,25). The lowest BCUT2D eigenvalue weighted by molar-refractivity contribution is -0.385. The number of sulfonamides is 1. The van der Waals surface area contributed by atoms with E-state index in [2.05, 4.69) is 4.72 Å². The predicted octanol–water partition coefficient (Wildman–Crippen LogP) is 2.10. The Balaban J connectivity index is 1.70. The number of ether oxygens (including phenoxy) is 1. The zero-order valence-electron chi connectivity index (χ0n) is 16.6. The van der Waals surface area contributed by atoms with Crippen LogP contribution in [0, 0.1) is 10.1 Å². The summed E-state index contributed by atoms with van der Waals surface area (Å²) in [6.07, 6.45) is 1.24. The lowest BCUT2D eigenvalue weighted by Gasteiger charge is -2.12. The first-order chi connectivity index (χ1) is 15.7. The van der Waals surface area contributed by atoms with Crippen LogP contribution in [0.15, 0.2) is 76.2 Å². The first-order valence-corrected chi connectivity index (χ1v) is 10.6. The second-order valence-corrected chi connectivity index (χ2v) is 8.02. The summed E-state index contributed by atoms with van der Waals surface area (Å²) in [5, 5.41) is 12.9. The van der Waals surface area contributed by atoms with E-state index in [4.69, 9.17) is 9.15 Å². The van der Waals surface area contributed by atoms with Crippen LogP contribution < -0.4 is 10.0 Å². The number of para-hydroxylation sites is 1. The number of nitrogens with zero attached hydrogens (tertiary/aromatic N) is 1. The molecule has 12 nitrogen and oxygen atoms in total. The van der Waals surface area contributed by atoms with Crippen LogP contribution in [0.4, 0.5) is 11.4 Å². The minimum absolute atomic E-state index is 0.115. The predicted molar refractivity (Wildman–Crippen MR) is 112 cm³/mol. The van der Waals surface area contributed by atoms with Gasteiger partial charge in [-0.05, 0) is 30.3 Å². The van der Waals surface area contributed by atoms with Gasteiger partial charge in [0, 0.05) is 12.1 Å². The number of rotatable bonds is 8. The zero-order chi connectivity index (χ0) is 24.0. The van der Waals surface area contributed by atoms with E-state index in [1.807, 2.05) is 5.32 Å². The molecule has 2 aromatic carbocycles. The molecule has 1 aromatic heterocycles. The van der Waals surface area contributed by atoms with Crippen LogP contribution in [0.25, 0.3) is 0 Å². The SMILES string of the molecule is O=C(COC(=O)c1ccccc1NS(=O)(=O)c1cccc([N+](=O)[O-])c1)NC(=O)c1ccco1. The highest BCUT2D eigenvalue weighted by molar-refractivity contribution is 7.92. The number of amides is 2. The molecule has 0 atom stereocenters. The molecule has 13 heteroatoms. The lowest BCUT2D eigenvalue weighted by Crippen LogP contribution is -2.34. The maximum atomic E-state index is 12.7. The Morgan fingerprint density at radius 3 is 2.48 bits per heavy atom. The van der Waals surface area contributed by atoms with Crippen molar-refractivity contribution in [2.24, 2.45) is 0 Å². The van der Waals surface area contributed by atoms with Crippen molar-refractivity contribution in [2.75, 3.05) is 11.3 Å². The number of nitro benzene ring substituents is 1. The van der Waals surface area contributed by atoms with E-state index in [1.165, 1.54) is 48.7 Å². The molecule has 0 fully saturated rings. The van der Waals surface area contributed by atoms with Crippen molar-refractivity contribution >= 4 is 39.2 Å². The summed E-state index contributed by atoms with van der Waals surface area (Å²) in [6.45, 7) is -0.822. The van der Waals surface area contributed by atoms with Gasteiger partial charge in [-0.1, -0.05) is 18.2 Å². The van der Waals surface area contributed by atoms with Crippen LogP contribution in [0.2, 0.25) is 0 Å². The molecule has 0 radical (unpaired) electrons. The number of nitro groups is 1. The van der Waals surface area contributed by atoms with Crippen molar-refractivity contribution in [2.45, 2.75) is 4.90 Å². The number of esters is 1. The molecule has 3 rings (SSSR count). The number of anilines is 1. The molecular formula is C20H15N3O9S. The second kappa shape index (κ2) is 9.74. The van der Waals surface area contributed by atoms with Crippen LogP contribution in [0.5, 0.6) is 0 Å². The number of nitrogens with one attached hydrogen (secondary N) is 2. The van der Waals surface area contributed by atoms with Gasteiger partial charge in [-0.2, -0.15) is 0 Å². The smallest absolute Gasteiger partial charge is 0.340 e. The molecule has 1 heterocycles. The largest absolute Gasteiger partial charge is 0.459 e. The lowest BCUT2D eigenvalue weighted by atomic mass is 10.2. The quantitative estimate of drug-likeness (QED) is 0.282. The van der Waals surface area contributed by atoms with Gasteiger partial charge < -0.3 is 9.15 Å². The molecule has 0 bridgehead atoms. The minimum atomic E-state index is -4.29. The van der Waals surface area contributed by atoms with Crippen LogP contribution in [0.1, 0.15) is 20.9 Å². The van der Waals surface area contributed by atoms with Gasteiger partial charge in [0.2, 0.25) is 0 Å². The maximum absolute atomic E-state index is 12.7. The molecule has 2 N–H and O–H groups in total. The fourth-order valence-corrected chi connectivity index (χ4v) is 3.68. The number of benzene rings is 2. The van der Waals surface area contributed by atoms with Crippen LogP contribution in [-0.2, 0) is 19.6 Å². The van der Waals surface area contributed by atoms with E-state index in [9.17, 15) is 32.9 Å². The molecule has 0 aliphatic carbocycles. The van der Waals surface area contributed by atoms with E-state index in [-0.39, 0.29) is 17.0 Å². The fraction of sp³-hybridized carbons (Fsp3) is 0.0500. The van der Waals surface area contributed by atoms with Crippen molar-refractivity contribution in [3.05, 3.63) is 88.4 Å². The monoisotopic (exact) mass is 473 g/mol. The highest BCUT2D eigenvalue weighted by atomic mass is 32.2. The Morgan fingerprint density at radius 1 is 1.03 bits per heavy atom. The topological polar surface area (TPSA) is 175 Å². The molecule has 0 aliphatic heterocycles. The van der Waals surface area contributed by atoms with Crippen LogP contribution in [-0.4, -0.2) is 37.7 Å². The molecule has 0 saturated carbocycles. The summed E-state index contributed by atoms with van der Waals surface area (Å²) in [4.78, 5) is 45.8. The Kier molecular flexibility index (Phi) is 6.83. The summed E-state index contributed by atoms with van der Waals surface area (Å²) in [7, 11) is -4.29. The third-order valence-corrected chi connectivity index (χ3v) is 5.43. The summed E-state index contributed by atoms with van der Waals surface area (Å²) < 4.78 is 37.2. The van der Waals surface area contributed by atoms with Gasteiger partial charge in [0.05, 0.1) is 27.3 Å². The average Bonchev–Trinajstić information content (AvgIpc) is 3.33. The molecule has 0 saturated heterocycles. The van der Waals surface area contributed by atoms with Gasteiger partial charge in [-0.15, -0.1) is 0 Å². The summed E-state index contributed by atoms with van der Waals surface area (Å²) in [6, 6.07) is 12.5. The minimum Gasteiger partial charge on any atom is -0.459 e. The second-order valence-electron chi connectivity index (χ2n) is 6.34. The summed E-state index contributed by atoms with van der Waals surface area (Å²) in [5.74, 6) is -2.92. The van der Waals surface area contributed by atoms with E-state index >= 15 is 0 Å². The van der Waals surface area contributed by atoms with Crippen LogP contribution in [0.3, 0.4) is 0 Å². The highest BCUT2D eigenvalue weighted by Gasteiger charge is 2.22. The molecule has 33 heavy (non-hydrogen) atoms. The highest BCUT2D eigenvalue weighted by Crippen LogP contribution is 2.23. The number of hydrogen-bond donors (Lipinski definition) is 2. The molecule has 2 amide bonds. The van der Waals surface area contributed by atoms with Gasteiger partial charge in [0.25, 0.3) is 27.5 Å². The molecule has 0 aliphatic rings. The molecule has 0 unspecified atom stereocenters. The van der Waals surface area contributed by atoms with E-state index < -0.39 is 49.9 Å². The van der Waals surface area contributed by atoms with Gasteiger partial charge in [0.15, 0.2) is 12.4 Å². The number of furan rings is 1. The third kappa shape index (κ3) is 5.80. The number of hydrogen-bond acceptors (Lipinski definition) is 9. The Bertz CT molecular complexity index is 1320. The number of imide groups is 1. The first-order valence-electron chi connectivity index (χ1n) is 9.08. The number of non-ortho nitro benzene ring substituents is 1.